The Morgan fingerprint density at radius 2 is 2.00 bits per heavy atom. The van der Waals surface area contributed by atoms with E-state index in [0.29, 0.717) is 24.3 Å². The average molecular weight is 319 g/mol. The lowest BCUT2D eigenvalue weighted by Crippen LogP contribution is -2.53. The zero-order chi connectivity index (χ0) is 16.4. The molecule has 2 fully saturated rings. The molecule has 0 bridgehead atoms. The summed E-state index contributed by atoms with van der Waals surface area (Å²) in [6.45, 7) is 5.71. The van der Waals surface area contributed by atoms with Gasteiger partial charge < -0.3 is 20.3 Å². The Bertz CT molecular complexity index is 572. The highest BCUT2D eigenvalue weighted by Gasteiger charge is 2.31. The van der Waals surface area contributed by atoms with Gasteiger partial charge in [0, 0.05) is 25.2 Å². The Balaban J connectivity index is 1.71. The molecular formula is C16H25N5O2. The highest BCUT2D eigenvalue weighted by Crippen LogP contribution is 2.26. The number of hydrogen-bond acceptors (Lipinski definition) is 6. The minimum Gasteiger partial charge on any atom is -0.475 e. The van der Waals surface area contributed by atoms with Crippen LogP contribution in [-0.4, -0.2) is 52.6 Å². The third-order valence-corrected chi connectivity index (χ3v) is 4.41. The number of anilines is 2. The van der Waals surface area contributed by atoms with E-state index in [9.17, 15) is 4.79 Å². The summed E-state index contributed by atoms with van der Waals surface area (Å²) in [5.41, 5.74) is 5.78. The summed E-state index contributed by atoms with van der Waals surface area (Å²) in [6, 6.07) is 2.19. The van der Waals surface area contributed by atoms with Gasteiger partial charge >= 0.3 is 0 Å². The number of carbonyl (C=O) groups excluding carboxylic acids is 1. The molecule has 3 rings (SSSR count). The molecular weight excluding hydrogens is 294 g/mol. The fourth-order valence-electron chi connectivity index (χ4n) is 3.38. The number of carbonyl (C=O) groups is 1. The van der Waals surface area contributed by atoms with Gasteiger partial charge in [0.25, 0.3) is 0 Å². The van der Waals surface area contributed by atoms with Crippen molar-refractivity contribution in [3.05, 3.63) is 6.07 Å². The monoisotopic (exact) mass is 319 g/mol. The molecule has 7 nitrogen and oxygen atoms in total. The Labute approximate surface area is 136 Å². The van der Waals surface area contributed by atoms with Crippen molar-refractivity contribution in [1.82, 2.24) is 14.9 Å². The quantitative estimate of drug-likeness (QED) is 0.904. The van der Waals surface area contributed by atoms with E-state index < -0.39 is 0 Å². The van der Waals surface area contributed by atoms with Gasteiger partial charge in [0.1, 0.15) is 5.82 Å². The maximum absolute atomic E-state index is 12.5. The number of ether oxygens (including phenoxy) is 1. The van der Waals surface area contributed by atoms with Crippen LogP contribution in [0, 0.1) is 0 Å². The molecule has 1 aromatic rings. The van der Waals surface area contributed by atoms with Crippen LogP contribution in [0.2, 0.25) is 0 Å². The van der Waals surface area contributed by atoms with Gasteiger partial charge in [0.2, 0.25) is 17.7 Å². The first-order chi connectivity index (χ1) is 11.0. The molecule has 2 heterocycles. The summed E-state index contributed by atoms with van der Waals surface area (Å²) in [7, 11) is 0. The van der Waals surface area contributed by atoms with Gasteiger partial charge in [-0.3, -0.25) is 4.79 Å². The van der Waals surface area contributed by atoms with Crippen LogP contribution in [0.15, 0.2) is 6.07 Å². The maximum Gasteiger partial charge on any atom is 0.242 e. The van der Waals surface area contributed by atoms with Gasteiger partial charge in [-0.15, -0.1) is 0 Å². The van der Waals surface area contributed by atoms with Crippen LogP contribution in [0.25, 0.3) is 0 Å². The number of aromatic nitrogens is 2. The lowest BCUT2D eigenvalue weighted by atomic mass is 10.1. The van der Waals surface area contributed by atoms with Crippen LogP contribution in [0.4, 0.5) is 11.8 Å². The molecule has 2 aliphatic rings. The minimum atomic E-state index is 0.0120. The Hall–Kier alpha value is -2.05. The molecule has 1 amide bonds. The molecule has 0 unspecified atom stereocenters. The lowest BCUT2D eigenvalue weighted by Gasteiger charge is -2.38. The van der Waals surface area contributed by atoms with E-state index in [2.05, 4.69) is 9.97 Å². The van der Waals surface area contributed by atoms with E-state index in [1.165, 1.54) is 12.8 Å². The first-order valence-electron chi connectivity index (χ1n) is 8.38. The van der Waals surface area contributed by atoms with E-state index in [1.54, 1.807) is 6.07 Å². The molecule has 0 aromatic carbocycles. The van der Waals surface area contributed by atoms with Gasteiger partial charge in [-0.1, -0.05) is 12.8 Å². The van der Waals surface area contributed by atoms with Gasteiger partial charge in [0.05, 0.1) is 12.6 Å². The third kappa shape index (κ3) is 3.65. The van der Waals surface area contributed by atoms with Crippen LogP contribution >= 0.6 is 0 Å². The largest absolute Gasteiger partial charge is 0.475 e. The number of amides is 1. The van der Waals surface area contributed by atoms with Gasteiger partial charge in [-0.05, 0) is 26.7 Å². The van der Waals surface area contributed by atoms with Gasteiger partial charge in [0.15, 0.2) is 0 Å². The summed E-state index contributed by atoms with van der Waals surface area (Å²) in [6.07, 6.45) is 4.75. The first kappa shape index (κ1) is 15.8. The topological polar surface area (TPSA) is 84.6 Å². The summed E-state index contributed by atoms with van der Waals surface area (Å²) in [4.78, 5) is 24.8. The zero-order valence-corrected chi connectivity index (χ0v) is 13.9. The average Bonchev–Trinajstić information content (AvgIpc) is 2.99. The molecule has 0 radical (unpaired) electrons. The van der Waals surface area contributed by atoms with Crippen LogP contribution in [0.5, 0.6) is 5.88 Å². The summed E-state index contributed by atoms with van der Waals surface area (Å²) >= 11 is 0. The molecule has 0 spiro atoms. The Morgan fingerprint density at radius 1 is 1.26 bits per heavy atom. The molecule has 7 heteroatoms. The molecule has 1 aliphatic carbocycles. The van der Waals surface area contributed by atoms with Crippen molar-refractivity contribution in [2.45, 2.75) is 51.7 Å². The second-order valence-electron chi connectivity index (χ2n) is 6.54. The number of nitrogens with zero attached hydrogens (tertiary/aromatic N) is 4. The third-order valence-electron chi connectivity index (χ3n) is 4.41. The fraction of sp³-hybridized carbons (Fsp3) is 0.688. The zero-order valence-electron chi connectivity index (χ0n) is 13.9. The highest BCUT2D eigenvalue weighted by atomic mass is 16.5. The molecule has 1 aromatic heterocycles. The van der Waals surface area contributed by atoms with Crippen molar-refractivity contribution in [2.75, 3.05) is 30.3 Å². The molecule has 0 atom stereocenters. The van der Waals surface area contributed by atoms with Crippen molar-refractivity contribution < 1.29 is 9.53 Å². The molecule has 1 saturated carbocycles. The van der Waals surface area contributed by atoms with E-state index in [4.69, 9.17) is 10.5 Å². The number of piperazine rings is 1. The first-order valence-corrected chi connectivity index (χ1v) is 8.38. The molecule has 2 N–H and O–H groups in total. The Kier molecular flexibility index (Phi) is 4.54. The Morgan fingerprint density at radius 3 is 2.65 bits per heavy atom. The number of nitrogens with two attached hydrogens (primary N) is 1. The lowest BCUT2D eigenvalue weighted by molar-refractivity contribution is -0.133. The van der Waals surface area contributed by atoms with Gasteiger partial charge in [-0.2, -0.15) is 9.97 Å². The van der Waals surface area contributed by atoms with E-state index >= 15 is 0 Å². The SMILES string of the molecule is CC(C)Oc1cc(N2CCN(C3CCCC3)C(=O)C2)nc(N)n1. The molecule has 23 heavy (non-hydrogen) atoms. The summed E-state index contributed by atoms with van der Waals surface area (Å²) < 4.78 is 5.60. The smallest absolute Gasteiger partial charge is 0.242 e. The number of nitrogen functional groups attached to an aromatic ring is 1. The van der Waals surface area contributed by atoms with Crippen molar-refractivity contribution >= 4 is 17.7 Å². The second kappa shape index (κ2) is 6.60. The standard InChI is InChI=1S/C16H25N5O2/c1-11(2)23-14-9-13(18-16(17)19-14)20-7-8-21(15(22)10-20)12-5-3-4-6-12/h9,11-12H,3-8,10H2,1-2H3,(H2,17,18,19). The number of hydrogen-bond donors (Lipinski definition) is 1. The van der Waals surface area contributed by atoms with Crippen molar-refractivity contribution in [2.24, 2.45) is 0 Å². The second-order valence-corrected chi connectivity index (χ2v) is 6.54. The summed E-state index contributed by atoms with van der Waals surface area (Å²) in [5.74, 6) is 1.45. The molecule has 1 aliphatic heterocycles. The van der Waals surface area contributed by atoms with Crippen LogP contribution in [0.1, 0.15) is 39.5 Å². The van der Waals surface area contributed by atoms with Crippen LogP contribution < -0.4 is 15.4 Å². The van der Waals surface area contributed by atoms with Crippen LogP contribution in [0.3, 0.4) is 0 Å². The number of rotatable bonds is 4. The van der Waals surface area contributed by atoms with Crippen molar-refractivity contribution in [3.63, 3.8) is 0 Å². The van der Waals surface area contributed by atoms with Gasteiger partial charge in [-0.25, -0.2) is 0 Å². The normalized spacial score (nSPS) is 19.7. The van der Waals surface area contributed by atoms with Crippen molar-refractivity contribution in [3.8, 4) is 5.88 Å². The summed E-state index contributed by atoms with van der Waals surface area (Å²) in [5, 5.41) is 0. The van der Waals surface area contributed by atoms with E-state index in [-0.39, 0.29) is 18.0 Å². The fourth-order valence-corrected chi connectivity index (χ4v) is 3.38. The maximum atomic E-state index is 12.5. The minimum absolute atomic E-state index is 0.0120. The highest BCUT2D eigenvalue weighted by molar-refractivity contribution is 5.83. The molecule has 1 saturated heterocycles. The molecule has 126 valence electrons. The predicted octanol–water partition coefficient (Wildman–Crippen LogP) is 1.44. The van der Waals surface area contributed by atoms with Crippen LogP contribution in [-0.2, 0) is 4.79 Å². The van der Waals surface area contributed by atoms with Crippen molar-refractivity contribution in [1.29, 1.82) is 0 Å². The van der Waals surface area contributed by atoms with E-state index in [1.807, 2.05) is 23.6 Å². The van der Waals surface area contributed by atoms with E-state index in [0.717, 1.165) is 25.9 Å². The predicted molar refractivity (Wildman–Crippen MR) is 88.4 cm³/mol.